The van der Waals surface area contributed by atoms with Gasteiger partial charge in [0.25, 0.3) is 0 Å². The van der Waals surface area contributed by atoms with Crippen molar-refractivity contribution < 1.29 is 14.3 Å². The highest BCUT2D eigenvalue weighted by molar-refractivity contribution is 5.76. The van der Waals surface area contributed by atoms with Gasteiger partial charge in [-0.1, -0.05) is 44.2 Å². The van der Waals surface area contributed by atoms with Crippen molar-refractivity contribution in [3.8, 4) is 11.5 Å². The Balaban J connectivity index is 1.77. The molecule has 0 unspecified atom stereocenters. The summed E-state index contributed by atoms with van der Waals surface area (Å²) in [6, 6.07) is 17.4. The zero-order chi connectivity index (χ0) is 17.4. The number of ether oxygens (including phenoxy) is 2. The molecule has 0 aliphatic carbocycles. The number of methoxy groups -OCH3 is 1. The van der Waals surface area contributed by atoms with Crippen LogP contribution in [0.1, 0.15) is 25.8 Å². The quantitative estimate of drug-likeness (QED) is 0.806. The van der Waals surface area contributed by atoms with Crippen molar-refractivity contribution in [1.82, 2.24) is 5.32 Å². The second kappa shape index (κ2) is 8.39. The topological polar surface area (TPSA) is 47.6 Å². The number of hydrogen-bond acceptors (Lipinski definition) is 3. The van der Waals surface area contributed by atoms with Crippen LogP contribution < -0.4 is 14.8 Å². The number of amides is 1. The SMILES string of the molecule is COc1ccc(C(C)(C)CNC(=O)CCOc2ccccc2)cc1. The lowest BCUT2D eigenvalue weighted by molar-refractivity contribution is -0.121. The van der Waals surface area contributed by atoms with E-state index in [2.05, 4.69) is 19.2 Å². The van der Waals surface area contributed by atoms with Gasteiger partial charge in [0, 0.05) is 12.0 Å². The number of rotatable bonds is 8. The van der Waals surface area contributed by atoms with E-state index in [4.69, 9.17) is 9.47 Å². The van der Waals surface area contributed by atoms with Gasteiger partial charge in [-0.3, -0.25) is 4.79 Å². The highest BCUT2D eigenvalue weighted by Gasteiger charge is 2.21. The highest BCUT2D eigenvalue weighted by Crippen LogP contribution is 2.24. The van der Waals surface area contributed by atoms with Gasteiger partial charge in [0.2, 0.25) is 5.91 Å². The summed E-state index contributed by atoms with van der Waals surface area (Å²) in [6.07, 6.45) is 0.341. The van der Waals surface area contributed by atoms with Crippen LogP contribution in [0.25, 0.3) is 0 Å². The fourth-order valence-electron chi connectivity index (χ4n) is 2.33. The van der Waals surface area contributed by atoms with E-state index in [9.17, 15) is 4.79 Å². The Bertz CT molecular complexity index is 636. The first-order chi connectivity index (χ1) is 11.5. The van der Waals surface area contributed by atoms with Crippen LogP contribution in [0.3, 0.4) is 0 Å². The van der Waals surface area contributed by atoms with Crippen molar-refractivity contribution >= 4 is 5.91 Å². The number of carbonyl (C=O) groups is 1. The van der Waals surface area contributed by atoms with Crippen LogP contribution >= 0.6 is 0 Å². The van der Waals surface area contributed by atoms with Crippen LogP contribution in [0.2, 0.25) is 0 Å². The Morgan fingerprint density at radius 2 is 1.67 bits per heavy atom. The molecule has 0 spiro atoms. The van der Waals surface area contributed by atoms with Gasteiger partial charge in [-0.15, -0.1) is 0 Å². The van der Waals surface area contributed by atoms with Crippen molar-refractivity contribution in [3.63, 3.8) is 0 Å². The molecule has 0 atom stereocenters. The van der Waals surface area contributed by atoms with Gasteiger partial charge in [-0.2, -0.15) is 0 Å². The number of para-hydroxylation sites is 1. The molecule has 1 amide bonds. The molecular weight excluding hydrogens is 302 g/mol. The minimum Gasteiger partial charge on any atom is -0.497 e. The number of hydrogen-bond donors (Lipinski definition) is 1. The van der Waals surface area contributed by atoms with E-state index in [1.54, 1.807) is 7.11 Å². The summed E-state index contributed by atoms with van der Waals surface area (Å²) >= 11 is 0. The molecule has 2 aromatic rings. The summed E-state index contributed by atoms with van der Waals surface area (Å²) in [6.45, 7) is 5.16. The molecule has 2 aromatic carbocycles. The Labute approximate surface area is 143 Å². The Morgan fingerprint density at radius 1 is 1.00 bits per heavy atom. The summed E-state index contributed by atoms with van der Waals surface area (Å²) in [4.78, 5) is 12.0. The van der Waals surface area contributed by atoms with E-state index in [0.29, 0.717) is 19.6 Å². The third-order valence-corrected chi connectivity index (χ3v) is 3.94. The van der Waals surface area contributed by atoms with Crippen molar-refractivity contribution in [2.75, 3.05) is 20.3 Å². The maximum Gasteiger partial charge on any atom is 0.223 e. The first kappa shape index (κ1) is 17.9. The van der Waals surface area contributed by atoms with E-state index in [1.165, 1.54) is 0 Å². The summed E-state index contributed by atoms with van der Waals surface area (Å²) in [7, 11) is 1.65. The summed E-state index contributed by atoms with van der Waals surface area (Å²) < 4.78 is 10.7. The van der Waals surface area contributed by atoms with Gasteiger partial charge in [-0.05, 0) is 29.8 Å². The van der Waals surface area contributed by atoms with Crippen molar-refractivity contribution in [3.05, 3.63) is 60.2 Å². The minimum absolute atomic E-state index is 0.00693. The van der Waals surface area contributed by atoms with Crippen LogP contribution in [0.5, 0.6) is 11.5 Å². The average molecular weight is 327 g/mol. The lowest BCUT2D eigenvalue weighted by Gasteiger charge is -2.26. The minimum atomic E-state index is -0.151. The fraction of sp³-hybridized carbons (Fsp3) is 0.350. The Kier molecular flexibility index (Phi) is 6.24. The molecule has 0 radical (unpaired) electrons. The zero-order valence-electron chi connectivity index (χ0n) is 14.5. The van der Waals surface area contributed by atoms with Crippen LogP contribution in [0.15, 0.2) is 54.6 Å². The molecule has 0 heterocycles. The van der Waals surface area contributed by atoms with Crippen LogP contribution in [0.4, 0.5) is 0 Å². The molecule has 0 saturated heterocycles. The van der Waals surface area contributed by atoms with Crippen molar-refractivity contribution in [2.45, 2.75) is 25.7 Å². The second-order valence-corrected chi connectivity index (χ2v) is 6.30. The van der Waals surface area contributed by atoms with E-state index >= 15 is 0 Å². The maximum atomic E-state index is 12.0. The molecule has 4 nitrogen and oxygen atoms in total. The molecule has 128 valence electrons. The van der Waals surface area contributed by atoms with Crippen LogP contribution in [0, 0.1) is 0 Å². The van der Waals surface area contributed by atoms with E-state index in [-0.39, 0.29) is 11.3 Å². The van der Waals surface area contributed by atoms with E-state index in [0.717, 1.165) is 17.1 Å². The molecule has 1 N–H and O–H groups in total. The maximum absolute atomic E-state index is 12.0. The molecule has 24 heavy (non-hydrogen) atoms. The Morgan fingerprint density at radius 3 is 2.29 bits per heavy atom. The molecule has 0 aromatic heterocycles. The molecule has 2 rings (SSSR count). The van der Waals surface area contributed by atoms with Gasteiger partial charge in [0.05, 0.1) is 20.1 Å². The third kappa shape index (κ3) is 5.30. The molecule has 0 aliphatic rings. The largest absolute Gasteiger partial charge is 0.497 e. The second-order valence-electron chi connectivity index (χ2n) is 6.30. The number of carbonyl (C=O) groups excluding carboxylic acids is 1. The van der Waals surface area contributed by atoms with Crippen molar-refractivity contribution in [2.24, 2.45) is 0 Å². The van der Waals surface area contributed by atoms with Gasteiger partial charge < -0.3 is 14.8 Å². The lowest BCUT2D eigenvalue weighted by atomic mass is 9.84. The smallest absolute Gasteiger partial charge is 0.223 e. The van der Waals surface area contributed by atoms with E-state index in [1.807, 2.05) is 54.6 Å². The number of nitrogens with one attached hydrogen (secondary N) is 1. The fourth-order valence-corrected chi connectivity index (χ4v) is 2.33. The number of benzene rings is 2. The van der Waals surface area contributed by atoms with Gasteiger partial charge in [0.15, 0.2) is 0 Å². The summed E-state index contributed by atoms with van der Waals surface area (Å²) in [5.74, 6) is 1.60. The van der Waals surface area contributed by atoms with Crippen molar-refractivity contribution in [1.29, 1.82) is 0 Å². The molecule has 4 heteroatoms. The lowest BCUT2D eigenvalue weighted by Crippen LogP contribution is -2.37. The first-order valence-electron chi connectivity index (χ1n) is 8.10. The van der Waals surface area contributed by atoms with E-state index < -0.39 is 0 Å². The monoisotopic (exact) mass is 327 g/mol. The predicted octanol–water partition coefficient (Wildman–Crippen LogP) is 3.56. The standard InChI is InChI=1S/C20H25NO3/c1-20(2,16-9-11-17(23-3)12-10-16)15-21-19(22)13-14-24-18-7-5-4-6-8-18/h4-12H,13-15H2,1-3H3,(H,21,22). The normalized spacial score (nSPS) is 11.0. The van der Waals surface area contributed by atoms with Crippen LogP contribution in [-0.4, -0.2) is 26.2 Å². The zero-order valence-corrected chi connectivity index (χ0v) is 14.5. The molecule has 0 bridgehead atoms. The van der Waals surface area contributed by atoms with Gasteiger partial charge >= 0.3 is 0 Å². The summed E-state index contributed by atoms with van der Waals surface area (Å²) in [5, 5.41) is 2.99. The Hall–Kier alpha value is -2.49. The molecular formula is C20H25NO3. The molecule has 0 fully saturated rings. The molecule has 0 saturated carbocycles. The van der Waals surface area contributed by atoms with Crippen LogP contribution in [-0.2, 0) is 10.2 Å². The third-order valence-electron chi connectivity index (χ3n) is 3.94. The van der Waals surface area contributed by atoms with Gasteiger partial charge in [-0.25, -0.2) is 0 Å². The predicted molar refractivity (Wildman–Crippen MR) is 95.6 cm³/mol. The molecule has 0 aliphatic heterocycles. The average Bonchev–Trinajstić information content (AvgIpc) is 2.61. The first-order valence-corrected chi connectivity index (χ1v) is 8.10. The van der Waals surface area contributed by atoms with Gasteiger partial charge in [0.1, 0.15) is 11.5 Å². The highest BCUT2D eigenvalue weighted by atomic mass is 16.5. The summed E-state index contributed by atoms with van der Waals surface area (Å²) in [5.41, 5.74) is 1.01.